The smallest absolute Gasteiger partial charge is 0.168 e. The highest BCUT2D eigenvalue weighted by Gasteiger charge is 2.00. The van der Waals surface area contributed by atoms with Crippen molar-refractivity contribution in [2.45, 2.75) is 12.8 Å². The molecular formula is C8H8ClNO. The molecule has 3 heteroatoms. The van der Waals surface area contributed by atoms with Crippen LogP contribution in [0.3, 0.4) is 0 Å². The molecule has 0 saturated heterocycles. The molecule has 0 fully saturated rings. The molecule has 2 nitrogen and oxygen atoms in total. The van der Waals surface area contributed by atoms with E-state index >= 15 is 0 Å². The van der Waals surface area contributed by atoms with Crippen LogP contribution in [0.2, 0.25) is 0 Å². The van der Waals surface area contributed by atoms with Crippen molar-refractivity contribution in [3.05, 3.63) is 29.1 Å². The summed E-state index contributed by atoms with van der Waals surface area (Å²) in [6.07, 6.45) is 0.727. The Balaban J connectivity index is 3.16. The second kappa shape index (κ2) is 3.49. The Kier molecular flexibility index (Phi) is 2.60. The number of aldehydes is 1. The zero-order valence-corrected chi connectivity index (χ0v) is 6.93. The summed E-state index contributed by atoms with van der Waals surface area (Å²) in [5.41, 5.74) is 2.06. The van der Waals surface area contributed by atoms with E-state index in [0.29, 0.717) is 11.6 Å². The fraction of sp³-hybridized carbons (Fsp3) is 0.250. The highest BCUT2D eigenvalue weighted by molar-refractivity contribution is 6.17. The molecule has 0 atom stereocenters. The number of rotatable bonds is 2. The largest absolute Gasteiger partial charge is 0.296 e. The van der Waals surface area contributed by atoms with Gasteiger partial charge in [0.1, 0.15) is 5.69 Å². The van der Waals surface area contributed by atoms with Crippen LogP contribution in [-0.2, 0) is 5.88 Å². The average molecular weight is 170 g/mol. The minimum absolute atomic E-state index is 0.335. The number of halogens is 1. The topological polar surface area (TPSA) is 30.0 Å². The van der Waals surface area contributed by atoms with Gasteiger partial charge < -0.3 is 0 Å². The summed E-state index contributed by atoms with van der Waals surface area (Å²) < 4.78 is 0. The predicted molar refractivity (Wildman–Crippen MR) is 43.9 cm³/mol. The minimum Gasteiger partial charge on any atom is -0.296 e. The van der Waals surface area contributed by atoms with E-state index in [1.165, 1.54) is 0 Å². The van der Waals surface area contributed by atoms with Gasteiger partial charge in [0.05, 0.1) is 0 Å². The standard InChI is InChI=1S/C8H8ClNO/c1-6-2-3-7(4-9)8(5-11)10-6/h2-3,5H,4H2,1H3. The molecule has 0 bridgehead atoms. The highest BCUT2D eigenvalue weighted by atomic mass is 35.5. The van der Waals surface area contributed by atoms with Crippen molar-refractivity contribution >= 4 is 17.9 Å². The van der Waals surface area contributed by atoms with E-state index in [4.69, 9.17) is 11.6 Å². The first kappa shape index (κ1) is 8.21. The summed E-state index contributed by atoms with van der Waals surface area (Å²) in [6.45, 7) is 1.84. The van der Waals surface area contributed by atoms with Crippen LogP contribution >= 0.6 is 11.6 Å². The quantitative estimate of drug-likeness (QED) is 0.500. The van der Waals surface area contributed by atoms with E-state index in [-0.39, 0.29) is 0 Å². The predicted octanol–water partition coefficient (Wildman–Crippen LogP) is 1.94. The van der Waals surface area contributed by atoms with Crippen molar-refractivity contribution in [3.8, 4) is 0 Å². The second-order valence-corrected chi connectivity index (χ2v) is 2.52. The molecule has 1 aromatic heterocycles. The third-order valence-electron chi connectivity index (χ3n) is 1.41. The molecule has 0 amide bonds. The normalized spacial score (nSPS) is 9.64. The van der Waals surface area contributed by atoms with Crippen LogP contribution in [0.5, 0.6) is 0 Å². The van der Waals surface area contributed by atoms with E-state index in [2.05, 4.69) is 4.98 Å². The van der Waals surface area contributed by atoms with Crippen LogP contribution < -0.4 is 0 Å². The molecule has 0 aliphatic carbocycles. The van der Waals surface area contributed by atoms with Gasteiger partial charge in [-0.25, -0.2) is 4.98 Å². The van der Waals surface area contributed by atoms with Gasteiger partial charge in [0.15, 0.2) is 6.29 Å². The van der Waals surface area contributed by atoms with Crippen LogP contribution in [0.4, 0.5) is 0 Å². The van der Waals surface area contributed by atoms with Gasteiger partial charge >= 0.3 is 0 Å². The molecule has 1 rings (SSSR count). The third kappa shape index (κ3) is 1.77. The second-order valence-electron chi connectivity index (χ2n) is 2.25. The van der Waals surface area contributed by atoms with Crippen molar-refractivity contribution in [1.29, 1.82) is 0 Å². The molecular weight excluding hydrogens is 162 g/mol. The van der Waals surface area contributed by atoms with Crippen LogP contribution in [-0.4, -0.2) is 11.3 Å². The molecule has 0 radical (unpaired) electrons. The van der Waals surface area contributed by atoms with E-state index < -0.39 is 0 Å². The molecule has 0 spiro atoms. The van der Waals surface area contributed by atoms with Crippen molar-refractivity contribution < 1.29 is 4.79 Å². The lowest BCUT2D eigenvalue weighted by atomic mass is 10.2. The number of nitrogens with zero attached hydrogens (tertiary/aromatic N) is 1. The first-order valence-corrected chi connectivity index (χ1v) is 3.79. The lowest BCUT2D eigenvalue weighted by Gasteiger charge is -1.99. The molecule has 0 aliphatic heterocycles. The molecule has 1 aromatic rings. The maximum absolute atomic E-state index is 10.4. The summed E-state index contributed by atoms with van der Waals surface area (Å²) in [4.78, 5) is 14.4. The zero-order chi connectivity index (χ0) is 8.27. The van der Waals surface area contributed by atoms with Crippen LogP contribution in [0, 0.1) is 6.92 Å². The Labute approximate surface area is 70.2 Å². The maximum Gasteiger partial charge on any atom is 0.168 e. The van der Waals surface area contributed by atoms with Gasteiger partial charge in [-0.05, 0) is 18.6 Å². The van der Waals surface area contributed by atoms with Crippen molar-refractivity contribution in [1.82, 2.24) is 4.98 Å². The van der Waals surface area contributed by atoms with Crippen molar-refractivity contribution in [2.24, 2.45) is 0 Å². The maximum atomic E-state index is 10.4. The molecule has 0 N–H and O–H groups in total. The Bertz CT molecular complexity index is 273. The van der Waals surface area contributed by atoms with Gasteiger partial charge in [0.25, 0.3) is 0 Å². The zero-order valence-electron chi connectivity index (χ0n) is 6.17. The molecule has 1 heterocycles. The number of aryl methyl sites for hydroxylation is 1. The fourth-order valence-corrected chi connectivity index (χ4v) is 1.05. The molecule has 0 saturated carbocycles. The molecule has 0 aliphatic rings. The van der Waals surface area contributed by atoms with Gasteiger partial charge in [-0.3, -0.25) is 4.79 Å². The lowest BCUT2D eigenvalue weighted by Crippen LogP contribution is -1.95. The SMILES string of the molecule is Cc1ccc(CCl)c(C=O)n1. The van der Waals surface area contributed by atoms with E-state index in [1.54, 1.807) is 0 Å². The first-order valence-electron chi connectivity index (χ1n) is 3.25. The van der Waals surface area contributed by atoms with Gasteiger partial charge in [-0.15, -0.1) is 11.6 Å². The number of alkyl halides is 1. The van der Waals surface area contributed by atoms with Crippen molar-refractivity contribution in [2.75, 3.05) is 0 Å². The Hall–Kier alpha value is -0.890. The average Bonchev–Trinajstić information content (AvgIpc) is 2.04. The molecule has 0 unspecified atom stereocenters. The van der Waals surface area contributed by atoms with Gasteiger partial charge in [0, 0.05) is 11.6 Å². The van der Waals surface area contributed by atoms with Gasteiger partial charge in [-0.2, -0.15) is 0 Å². The van der Waals surface area contributed by atoms with Crippen LogP contribution in [0.1, 0.15) is 21.7 Å². The highest BCUT2D eigenvalue weighted by Crippen LogP contribution is 2.07. The van der Waals surface area contributed by atoms with Crippen LogP contribution in [0.25, 0.3) is 0 Å². The number of carbonyl (C=O) groups excluding carboxylic acids is 1. The Morgan fingerprint density at radius 2 is 2.36 bits per heavy atom. The lowest BCUT2D eigenvalue weighted by molar-refractivity contribution is 0.111. The first-order chi connectivity index (χ1) is 5.27. The Morgan fingerprint density at radius 1 is 1.64 bits per heavy atom. The monoisotopic (exact) mass is 169 g/mol. The molecule has 0 aromatic carbocycles. The summed E-state index contributed by atoms with van der Waals surface area (Å²) in [6, 6.07) is 3.66. The third-order valence-corrected chi connectivity index (χ3v) is 1.70. The number of hydrogen-bond acceptors (Lipinski definition) is 2. The van der Waals surface area contributed by atoms with E-state index in [1.807, 2.05) is 19.1 Å². The van der Waals surface area contributed by atoms with Crippen LogP contribution in [0.15, 0.2) is 12.1 Å². The van der Waals surface area contributed by atoms with Gasteiger partial charge in [0.2, 0.25) is 0 Å². The minimum atomic E-state index is 0.335. The van der Waals surface area contributed by atoms with E-state index in [0.717, 1.165) is 17.5 Å². The summed E-state index contributed by atoms with van der Waals surface area (Å²) in [7, 11) is 0. The van der Waals surface area contributed by atoms with Gasteiger partial charge in [-0.1, -0.05) is 6.07 Å². The number of carbonyl (C=O) groups is 1. The molecule has 11 heavy (non-hydrogen) atoms. The van der Waals surface area contributed by atoms with E-state index in [9.17, 15) is 4.79 Å². The summed E-state index contributed by atoms with van der Waals surface area (Å²) in [5, 5.41) is 0. The fourth-order valence-electron chi connectivity index (χ4n) is 0.821. The van der Waals surface area contributed by atoms with Crippen molar-refractivity contribution in [3.63, 3.8) is 0 Å². The number of pyridine rings is 1. The molecule has 58 valence electrons. The summed E-state index contributed by atoms with van der Waals surface area (Å²) in [5.74, 6) is 0.335. The summed E-state index contributed by atoms with van der Waals surface area (Å²) >= 11 is 5.56. The number of hydrogen-bond donors (Lipinski definition) is 0. The Morgan fingerprint density at radius 3 is 2.91 bits per heavy atom. The number of aromatic nitrogens is 1.